The summed E-state index contributed by atoms with van der Waals surface area (Å²) in [6.07, 6.45) is 4.33. The molecule has 2 aromatic rings. The predicted octanol–water partition coefficient (Wildman–Crippen LogP) is 1.03. The van der Waals surface area contributed by atoms with Crippen molar-refractivity contribution in [2.75, 3.05) is 18.9 Å². The van der Waals surface area contributed by atoms with Gasteiger partial charge in [-0.15, -0.1) is 11.3 Å². The minimum absolute atomic E-state index is 0.0289. The van der Waals surface area contributed by atoms with Crippen molar-refractivity contribution in [1.82, 2.24) is 14.9 Å². The smallest absolute Gasteiger partial charge is 0.263 e. The van der Waals surface area contributed by atoms with E-state index in [0.29, 0.717) is 5.95 Å². The SMILES string of the molecule is CNC(=O)CNc1nc2sc3c(c2c(=O)n1C)CCCC3. The number of aromatic nitrogens is 2. The topological polar surface area (TPSA) is 76.0 Å². The van der Waals surface area contributed by atoms with E-state index in [2.05, 4.69) is 15.6 Å². The highest BCUT2D eigenvalue weighted by Crippen LogP contribution is 2.34. The van der Waals surface area contributed by atoms with Gasteiger partial charge in [0.1, 0.15) is 4.83 Å². The molecule has 0 saturated carbocycles. The van der Waals surface area contributed by atoms with Crippen molar-refractivity contribution in [3.63, 3.8) is 0 Å². The first-order valence-electron chi connectivity index (χ1n) is 7.07. The van der Waals surface area contributed by atoms with E-state index in [-0.39, 0.29) is 18.0 Å². The Hall–Kier alpha value is -1.89. The Morgan fingerprint density at radius 3 is 2.90 bits per heavy atom. The molecule has 0 atom stereocenters. The fourth-order valence-electron chi connectivity index (χ4n) is 2.69. The number of rotatable bonds is 3. The molecule has 1 aliphatic carbocycles. The molecule has 0 fully saturated rings. The van der Waals surface area contributed by atoms with Crippen LogP contribution >= 0.6 is 11.3 Å². The zero-order chi connectivity index (χ0) is 15.0. The van der Waals surface area contributed by atoms with Crippen molar-refractivity contribution in [2.45, 2.75) is 25.7 Å². The molecule has 0 spiro atoms. The summed E-state index contributed by atoms with van der Waals surface area (Å²) in [5, 5.41) is 6.22. The summed E-state index contributed by atoms with van der Waals surface area (Å²) in [6.45, 7) is 0.105. The van der Waals surface area contributed by atoms with Crippen LogP contribution < -0.4 is 16.2 Å². The van der Waals surface area contributed by atoms with E-state index < -0.39 is 0 Å². The first kappa shape index (κ1) is 14.1. The molecule has 0 saturated heterocycles. The third-order valence-corrected chi connectivity index (χ3v) is 5.07. The van der Waals surface area contributed by atoms with Gasteiger partial charge in [0.25, 0.3) is 5.56 Å². The Balaban J connectivity index is 2.06. The van der Waals surface area contributed by atoms with Gasteiger partial charge in [-0.25, -0.2) is 4.98 Å². The summed E-state index contributed by atoms with van der Waals surface area (Å²) in [6, 6.07) is 0. The number of carbonyl (C=O) groups is 1. The van der Waals surface area contributed by atoms with Crippen LogP contribution in [-0.2, 0) is 24.7 Å². The normalized spacial score (nSPS) is 14.0. The predicted molar refractivity (Wildman–Crippen MR) is 84.1 cm³/mol. The molecule has 0 aliphatic heterocycles. The van der Waals surface area contributed by atoms with Gasteiger partial charge < -0.3 is 10.6 Å². The molecular weight excluding hydrogens is 288 g/mol. The molecule has 2 aromatic heterocycles. The molecule has 112 valence electrons. The molecule has 0 unspecified atom stereocenters. The van der Waals surface area contributed by atoms with Crippen molar-refractivity contribution < 1.29 is 4.79 Å². The minimum atomic E-state index is -0.144. The second-order valence-electron chi connectivity index (χ2n) is 5.22. The number of likely N-dealkylation sites (N-methyl/N-ethyl adjacent to an activating group) is 1. The van der Waals surface area contributed by atoms with Crippen molar-refractivity contribution in [2.24, 2.45) is 7.05 Å². The molecule has 0 aromatic carbocycles. The number of thiophene rings is 1. The number of nitrogens with one attached hydrogen (secondary N) is 2. The highest BCUT2D eigenvalue weighted by atomic mass is 32.1. The van der Waals surface area contributed by atoms with Crippen molar-refractivity contribution >= 4 is 33.4 Å². The summed E-state index contributed by atoms with van der Waals surface area (Å²) in [4.78, 5) is 30.5. The number of aryl methyl sites for hydroxylation is 2. The van der Waals surface area contributed by atoms with Crippen LogP contribution in [0.15, 0.2) is 4.79 Å². The number of fused-ring (bicyclic) bond motifs is 3. The largest absolute Gasteiger partial charge is 0.358 e. The van der Waals surface area contributed by atoms with Crippen LogP contribution in [0.25, 0.3) is 10.2 Å². The fourth-order valence-corrected chi connectivity index (χ4v) is 3.94. The van der Waals surface area contributed by atoms with Gasteiger partial charge in [-0.05, 0) is 31.2 Å². The average Bonchev–Trinajstić information content (AvgIpc) is 2.87. The van der Waals surface area contributed by atoms with E-state index >= 15 is 0 Å². The third kappa shape index (κ3) is 2.42. The monoisotopic (exact) mass is 306 g/mol. The maximum Gasteiger partial charge on any atom is 0.263 e. The van der Waals surface area contributed by atoms with E-state index in [4.69, 9.17) is 0 Å². The molecule has 2 N–H and O–H groups in total. The average molecular weight is 306 g/mol. The number of carbonyl (C=O) groups excluding carboxylic acids is 1. The molecule has 1 aliphatic rings. The number of nitrogens with zero attached hydrogens (tertiary/aromatic N) is 2. The Kier molecular flexibility index (Phi) is 3.67. The van der Waals surface area contributed by atoms with Crippen LogP contribution in [-0.4, -0.2) is 29.1 Å². The van der Waals surface area contributed by atoms with Crippen molar-refractivity contribution in [1.29, 1.82) is 0 Å². The van der Waals surface area contributed by atoms with Crippen molar-refractivity contribution in [3.8, 4) is 0 Å². The Bertz CT molecular complexity index is 762. The molecule has 2 heterocycles. The maximum absolute atomic E-state index is 12.6. The summed E-state index contributed by atoms with van der Waals surface area (Å²) in [7, 11) is 3.26. The Morgan fingerprint density at radius 1 is 1.38 bits per heavy atom. The fraction of sp³-hybridized carbons (Fsp3) is 0.500. The molecule has 7 heteroatoms. The molecule has 0 radical (unpaired) electrons. The zero-order valence-corrected chi connectivity index (χ0v) is 13.0. The van der Waals surface area contributed by atoms with Crippen LogP contribution in [0.1, 0.15) is 23.3 Å². The van der Waals surface area contributed by atoms with Gasteiger partial charge in [0.05, 0.1) is 11.9 Å². The zero-order valence-electron chi connectivity index (χ0n) is 12.2. The second-order valence-corrected chi connectivity index (χ2v) is 6.30. The lowest BCUT2D eigenvalue weighted by Gasteiger charge is -2.11. The van der Waals surface area contributed by atoms with Gasteiger partial charge in [0.2, 0.25) is 11.9 Å². The lowest BCUT2D eigenvalue weighted by Crippen LogP contribution is -2.29. The minimum Gasteiger partial charge on any atom is -0.358 e. The summed E-state index contributed by atoms with van der Waals surface area (Å²) in [5.41, 5.74) is 1.16. The van der Waals surface area contributed by atoms with E-state index in [0.717, 1.165) is 29.5 Å². The maximum atomic E-state index is 12.6. The van der Waals surface area contributed by atoms with Crippen LogP contribution in [0, 0.1) is 0 Å². The number of anilines is 1. The second kappa shape index (κ2) is 5.48. The highest BCUT2D eigenvalue weighted by molar-refractivity contribution is 7.18. The lowest BCUT2D eigenvalue weighted by molar-refractivity contribution is -0.118. The molecule has 0 bridgehead atoms. The third-order valence-electron chi connectivity index (χ3n) is 3.88. The molecule has 3 rings (SSSR count). The molecule has 6 nitrogen and oxygen atoms in total. The summed E-state index contributed by atoms with van der Waals surface area (Å²) in [5.74, 6) is 0.296. The highest BCUT2D eigenvalue weighted by Gasteiger charge is 2.21. The Morgan fingerprint density at radius 2 is 2.14 bits per heavy atom. The summed E-state index contributed by atoms with van der Waals surface area (Å²) >= 11 is 1.61. The first-order valence-corrected chi connectivity index (χ1v) is 7.89. The van der Waals surface area contributed by atoms with E-state index in [1.807, 2.05) is 0 Å². The lowest BCUT2D eigenvalue weighted by atomic mass is 9.97. The van der Waals surface area contributed by atoms with Gasteiger partial charge in [-0.3, -0.25) is 14.2 Å². The molecule has 1 amide bonds. The first-order chi connectivity index (χ1) is 10.1. The Labute approximate surface area is 126 Å². The van der Waals surface area contributed by atoms with Crippen LogP contribution in [0.2, 0.25) is 0 Å². The van der Waals surface area contributed by atoms with Crippen LogP contribution in [0.3, 0.4) is 0 Å². The van der Waals surface area contributed by atoms with Gasteiger partial charge >= 0.3 is 0 Å². The van der Waals surface area contributed by atoms with E-state index in [1.165, 1.54) is 21.4 Å². The van der Waals surface area contributed by atoms with Gasteiger partial charge in [-0.2, -0.15) is 0 Å². The number of amides is 1. The van der Waals surface area contributed by atoms with Crippen molar-refractivity contribution in [3.05, 3.63) is 20.8 Å². The number of hydrogen-bond acceptors (Lipinski definition) is 5. The van der Waals surface area contributed by atoms with Crippen LogP contribution in [0.4, 0.5) is 5.95 Å². The summed E-state index contributed by atoms with van der Waals surface area (Å²) < 4.78 is 1.49. The number of hydrogen-bond donors (Lipinski definition) is 2. The molecule has 21 heavy (non-hydrogen) atoms. The quantitative estimate of drug-likeness (QED) is 0.888. The van der Waals surface area contributed by atoms with Gasteiger partial charge in [0, 0.05) is 19.0 Å². The van der Waals surface area contributed by atoms with Gasteiger partial charge in [0.15, 0.2) is 0 Å². The molecular formula is C14H18N4O2S. The van der Waals surface area contributed by atoms with Gasteiger partial charge in [-0.1, -0.05) is 0 Å². The van der Waals surface area contributed by atoms with E-state index in [1.54, 1.807) is 25.4 Å². The van der Waals surface area contributed by atoms with E-state index in [9.17, 15) is 9.59 Å². The van der Waals surface area contributed by atoms with Crippen LogP contribution in [0.5, 0.6) is 0 Å². The standard InChI is InChI=1S/C14H18N4O2S/c1-15-10(19)7-16-14-17-12-11(13(20)18(14)2)8-5-3-4-6-9(8)21-12/h3-7H2,1-2H3,(H,15,19)(H,16,17).